The van der Waals surface area contributed by atoms with Crippen molar-refractivity contribution in [1.29, 1.82) is 5.26 Å². The van der Waals surface area contributed by atoms with Crippen LogP contribution in [0.1, 0.15) is 24.8 Å². The summed E-state index contributed by atoms with van der Waals surface area (Å²) in [5.74, 6) is 0.627. The van der Waals surface area contributed by atoms with E-state index >= 15 is 0 Å². The van der Waals surface area contributed by atoms with Crippen molar-refractivity contribution >= 4 is 16.6 Å². The van der Waals surface area contributed by atoms with Crippen molar-refractivity contribution in [1.82, 2.24) is 4.98 Å². The predicted octanol–water partition coefficient (Wildman–Crippen LogP) is 2.67. The van der Waals surface area contributed by atoms with Crippen molar-refractivity contribution < 1.29 is 0 Å². The standard InChI is InChI=1S/C17H20N4/c18-8-7-13-4-3-9-21(12-13)17-14(10-19)11-20-16-6-2-1-5-15(16)17/h1-2,5-6,11,13H,3-4,7-9,12,18H2. The van der Waals surface area contributed by atoms with Crippen LogP contribution >= 0.6 is 0 Å². The Balaban J connectivity index is 2.04. The van der Waals surface area contributed by atoms with Crippen molar-refractivity contribution in [2.75, 3.05) is 24.5 Å². The second kappa shape index (κ2) is 6.11. The highest BCUT2D eigenvalue weighted by atomic mass is 15.1. The Labute approximate surface area is 125 Å². The maximum atomic E-state index is 9.44. The average molecular weight is 280 g/mol. The van der Waals surface area contributed by atoms with E-state index in [4.69, 9.17) is 5.73 Å². The Hall–Kier alpha value is -2.12. The Morgan fingerprint density at radius 2 is 2.24 bits per heavy atom. The van der Waals surface area contributed by atoms with E-state index in [2.05, 4.69) is 22.0 Å². The van der Waals surface area contributed by atoms with Crippen LogP contribution in [0.25, 0.3) is 10.9 Å². The molecule has 0 saturated carbocycles. The largest absolute Gasteiger partial charge is 0.370 e. The molecule has 0 radical (unpaired) electrons. The number of hydrogen-bond acceptors (Lipinski definition) is 4. The fourth-order valence-electron chi connectivity index (χ4n) is 3.29. The third-order valence-electron chi connectivity index (χ3n) is 4.28. The lowest BCUT2D eigenvalue weighted by atomic mass is 9.93. The van der Waals surface area contributed by atoms with Gasteiger partial charge in [-0.3, -0.25) is 4.98 Å². The number of aromatic nitrogens is 1. The summed E-state index contributed by atoms with van der Waals surface area (Å²) in [5, 5.41) is 10.5. The van der Waals surface area contributed by atoms with Crippen molar-refractivity contribution in [3.8, 4) is 6.07 Å². The lowest BCUT2D eigenvalue weighted by Crippen LogP contribution is -2.36. The van der Waals surface area contributed by atoms with Crippen LogP contribution in [-0.4, -0.2) is 24.6 Å². The maximum Gasteiger partial charge on any atom is 0.103 e. The number of para-hydroxylation sites is 1. The quantitative estimate of drug-likeness (QED) is 0.938. The molecule has 2 heterocycles. The minimum Gasteiger partial charge on any atom is -0.370 e. The van der Waals surface area contributed by atoms with Crippen molar-refractivity contribution in [2.45, 2.75) is 19.3 Å². The Morgan fingerprint density at radius 3 is 3.05 bits per heavy atom. The number of anilines is 1. The van der Waals surface area contributed by atoms with Crippen LogP contribution in [0.15, 0.2) is 30.5 Å². The molecule has 1 atom stereocenters. The van der Waals surface area contributed by atoms with Gasteiger partial charge in [-0.1, -0.05) is 18.2 Å². The van der Waals surface area contributed by atoms with E-state index in [1.54, 1.807) is 6.20 Å². The molecule has 1 unspecified atom stereocenters. The molecule has 1 saturated heterocycles. The predicted molar refractivity (Wildman–Crippen MR) is 85.1 cm³/mol. The minimum atomic E-state index is 0.627. The normalized spacial score (nSPS) is 18.7. The Morgan fingerprint density at radius 1 is 1.38 bits per heavy atom. The van der Waals surface area contributed by atoms with Crippen LogP contribution < -0.4 is 10.6 Å². The van der Waals surface area contributed by atoms with Gasteiger partial charge in [-0.2, -0.15) is 5.26 Å². The topological polar surface area (TPSA) is 65.9 Å². The minimum absolute atomic E-state index is 0.627. The molecule has 0 amide bonds. The maximum absolute atomic E-state index is 9.44. The average Bonchev–Trinajstić information content (AvgIpc) is 2.54. The molecule has 108 valence electrons. The highest BCUT2D eigenvalue weighted by molar-refractivity contribution is 5.94. The Kier molecular flexibility index (Phi) is 4.03. The number of nitrogens with two attached hydrogens (primary N) is 1. The summed E-state index contributed by atoms with van der Waals surface area (Å²) in [6.45, 7) is 2.73. The van der Waals surface area contributed by atoms with Gasteiger partial charge in [0, 0.05) is 24.7 Å². The van der Waals surface area contributed by atoms with E-state index in [1.807, 2.05) is 18.2 Å². The SMILES string of the molecule is N#Cc1cnc2ccccc2c1N1CCCC(CCN)C1. The van der Waals surface area contributed by atoms with Crippen LogP contribution in [0.3, 0.4) is 0 Å². The lowest BCUT2D eigenvalue weighted by molar-refractivity contribution is 0.396. The summed E-state index contributed by atoms with van der Waals surface area (Å²) in [6, 6.07) is 10.4. The second-order valence-corrected chi connectivity index (χ2v) is 5.68. The van der Waals surface area contributed by atoms with Crippen molar-refractivity contribution in [3.63, 3.8) is 0 Å². The van der Waals surface area contributed by atoms with E-state index in [9.17, 15) is 5.26 Å². The third-order valence-corrected chi connectivity index (χ3v) is 4.28. The zero-order valence-corrected chi connectivity index (χ0v) is 12.1. The molecule has 1 fully saturated rings. The molecule has 1 aliphatic rings. The molecule has 0 aliphatic carbocycles. The van der Waals surface area contributed by atoms with Crippen LogP contribution in [0, 0.1) is 17.2 Å². The molecule has 1 aliphatic heterocycles. The second-order valence-electron chi connectivity index (χ2n) is 5.68. The van der Waals surface area contributed by atoms with Gasteiger partial charge in [-0.25, -0.2) is 0 Å². The molecule has 2 aromatic rings. The first kappa shape index (κ1) is 13.8. The number of piperidine rings is 1. The number of benzene rings is 1. The van der Waals surface area contributed by atoms with Crippen LogP contribution in [0.4, 0.5) is 5.69 Å². The highest BCUT2D eigenvalue weighted by Crippen LogP contribution is 2.32. The molecule has 4 nitrogen and oxygen atoms in total. The van der Waals surface area contributed by atoms with E-state index in [1.165, 1.54) is 6.42 Å². The summed E-state index contributed by atoms with van der Waals surface area (Å²) < 4.78 is 0. The molecule has 0 bridgehead atoms. The van der Waals surface area contributed by atoms with Gasteiger partial charge in [0.2, 0.25) is 0 Å². The number of nitrogens with zero attached hydrogens (tertiary/aromatic N) is 3. The fraction of sp³-hybridized carbons (Fsp3) is 0.412. The summed E-state index contributed by atoms with van der Waals surface area (Å²) in [7, 11) is 0. The number of nitriles is 1. The summed E-state index contributed by atoms with van der Waals surface area (Å²) in [6.07, 6.45) is 5.15. The van der Waals surface area contributed by atoms with Crippen LogP contribution in [0.5, 0.6) is 0 Å². The molecule has 2 N–H and O–H groups in total. The first-order valence-electron chi connectivity index (χ1n) is 7.56. The smallest absolute Gasteiger partial charge is 0.103 e. The van der Waals surface area contributed by atoms with Crippen molar-refractivity contribution in [2.24, 2.45) is 11.7 Å². The third kappa shape index (κ3) is 2.70. The zero-order chi connectivity index (χ0) is 14.7. The van der Waals surface area contributed by atoms with Gasteiger partial charge in [0.05, 0.1) is 16.8 Å². The molecular formula is C17H20N4. The Bertz CT molecular complexity index is 672. The van der Waals surface area contributed by atoms with Crippen LogP contribution in [0.2, 0.25) is 0 Å². The number of fused-ring (bicyclic) bond motifs is 1. The number of hydrogen-bond donors (Lipinski definition) is 1. The molecule has 0 spiro atoms. The lowest BCUT2D eigenvalue weighted by Gasteiger charge is -2.35. The first-order valence-corrected chi connectivity index (χ1v) is 7.56. The van der Waals surface area contributed by atoms with E-state index in [-0.39, 0.29) is 0 Å². The number of rotatable bonds is 3. The van der Waals surface area contributed by atoms with E-state index in [0.29, 0.717) is 11.5 Å². The van der Waals surface area contributed by atoms with Crippen LogP contribution in [-0.2, 0) is 0 Å². The monoisotopic (exact) mass is 280 g/mol. The van der Waals surface area contributed by atoms with E-state index < -0.39 is 0 Å². The molecule has 1 aromatic heterocycles. The summed E-state index contributed by atoms with van der Waals surface area (Å²) in [4.78, 5) is 6.75. The molecule has 1 aromatic carbocycles. The van der Waals surface area contributed by atoms with Gasteiger partial charge in [0.15, 0.2) is 0 Å². The fourth-order valence-corrected chi connectivity index (χ4v) is 3.29. The highest BCUT2D eigenvalue weighted by Gasteiger charge is 2.23. The zero-order valence-electron chi connectivity index (χ0n) is 12.1. The van der Waals surface area contributed by atoms with Crippen molar-refractivity contribution in [3.05, 3.63) is 36.0 Å². The van der Waals surface area contributed by atoms with Gasteiger partial charge in [-0.05, 0) is 37.8 Å². The summed E-state index contributed by atoms with van der Waals surface area (Å²) >= 11 is 0. The van der Waals surface area contributed by atoms with Gasteiger partial charge < -0.3 is 10.6 Å². The summed E-state index contributed by atoms with van der Waals surface area (Å²) in [5.41, 5.74) is 8.38. The molecule has 21 heavy (non-hydrogen) atoms. The molecule has 3 rings (SSSR count). The van der Waals surface area contributed by atoms with Gasteiger partial charge >= 0.3 is 0 Å². The van der Waals surface area contributed by atoms with Gasteiger partial charge in [0.25, 0.3) is 0 Å². The van der Waals surface area contributed by atoms with E-state index in [0.717, 1.165) is 49.1 Å². The molecule has 4 heteroatoms. The first-order chi connectivity index (χ1) is 10.3. The molecular weight excluding hydrogens is 260 g/mol. The van der Waals surface area contributed by atoms with Gasteiger partial charge in [-0.15, -0.1) is 0 Å². The van der Waals surface area contributed by atoms with Gasteiger partial charge in [0.1, 0.15) is 6.07 Å². The number of pyridine rings is 1.